The van der Waals surface area contributed by atoms with Crippen LogP contribution < -0.4 is 4.74 Å². The van der Waals surface area contributed by atoms with E-state index in [1.807, 2.05) is 24.3 Å². The van der Waals surface area contributed by atoms with E-state index in [2.05, 4.69) is 0 Å². The van der Waals surface area contributed by atoms with Gasteiger partial charge in [-0.05, 0) is 24.6 Å². The molecule has 1 aliphatic heterocycles. The van der Waals surface area contributed by atoms with Crippen LogP contribution in [0, 0.1) is 0 Å². The summed E-state index contributed by atoms with van der Waals surface area (Å²) in [5.41, 5.74) is 1.19. The molecule has 0 fully saturated rings. The fraction of sp³-hybridized carbons (Fsp3) is 0.188. The molecule has 1 aliphatic rings. The van der Waals surface area contributed by atoms with E-state index in [-0.39, 0.29) is 21.7 Å². The van der Waals surface area contributed by atoms with Gasteiger partial charge < -0.3 is 4.74 Å². The molecule has 21 heavy (non-hydrogen) atoms. The second kappa shape index (κ2) is 5.88. The molecule has 0 amide bonds. The van der Waals surface area contributed by atoms with Gasteiger partial charge in [-0.15, -0.1) is 0 Å². The molecule has 1 heterocycles. The number of carbonyl (C=O) groups is 1. The molecule has 1 unspecified atom stereocenters. The minimum absolute atomic E-state index is 0.0996. The van der Waals surface area contributed by atoms with Gasteiger partial charge in [0.1, 0.15) is 5.75 Å². The number of benzene rings is 2. The van der Waals surface area contributed by atoms with Crippen LogP contribution in [0.15, 0.2) is 36.4 Å². The number of fused-ring (bicyclic) bond motifs is 1. The standard InChI is InChI=1S/C16H11Cl3O2/c17-9-7-12(18)15(13(19)8-9)16(20)11-5-6-21-14-4-2-1-3-10(11)14/h1-4,7-8,11H,5-6H2. The first kappa shape index (κ1) is 14.7. The zero-order chi connectivity index (χ0) is 15.0. The zero-order valence-electron chi connectivity index (χ0n) is 10.9. The third-order valence-corrected chi connectivity index (χ3v) is 4.34. The van der Waals surface area contributed by atoms with Crippen LogP contribution in [0.4, 0.5) is 0 Å². The van der Waals surface area contributed by atoms with E-state index < -0.39 is 0 Å². The van der Waals surface area contributed by atoms with Crippen LogP contribution in [0.25, 0.3) is 0 Å². The summed E-state index contributed by atoms with van der Waals surface area (Å²) < 4.78 is 5.58. The van der Waals surface area contributed by atoms with E-state index in [1.165, 1.54) is 12.1 Å². The van der Waals surface area contributed by atoms with Gasteiger partial charge in [-0.3, -0.25) is 4.79 Å². The monoisotopic (exact) mass is 340 g/mol. The lowest BCUT2D eigenvalue weighted by atomic mass is 9.86. The van der Waals surface area contributed by atoms with Gasteiger partial charge >= 0.3 is 0 Å². The molecule has 0 aliphatic carbocycles. The Labute approximate surface area is 137 Å². The SMILES string of the molecule is O=C(c1c(Cl)cc(Cl)cc1Cl)C1CCOc2ccccc21. The van der Waals surface area contributed by atoms with Gasteiger partial charge in [0, 0.05) is 10.6 Å². The highest BCUT2D eigenvalue weighted by atomic mass is 35.5. The number of ether oxygens (including phenoxy) is 1. The highest BCUT2D eigenvalue weighted by Gasteiger charge is 2.30. The van der Waals surface area contributed by atoms with Gasteiger partial charge in [0.25, 0.3) is 0 Å². The van der Waals surface area contributed by atoms with E-state index in [0.717, 1.165) is 11.3 Å². The summed E-state index contributed by atoms with van der Waals surface area (Å²) in [6, 6.07) is 10.6. The van der Waals surface area contributed by atoms with E-state index >= 15 is 0 Å². The lowest BCUT2D eigenvalue weighted by molar-refractivity contribution is 0.0933. The number of Topliss-reactive ketones (excluding diaryl/α,β-unsaturated/α-hetero) is 1. The van der Waals surface area contributed by atoms with Crippen molar-refractivity contribution in [3.8, 4) is 5.75 Å². The number of para-hydroxylation sites is 1. The zero-order valence-corrected chi connectivity index (χ0v) is 13.2. The van der Waals surface area contributed by atoms with Crippen molar-refractivity contribution in [1.82, 2.24) is 0 Å². The molecule has 108 valence electrons. The van der Waals surface area contributed by atoms with Crippen molar-refractivity contribution >= 4 is 40.6 Å². The maximum atomic E-state index is 12.8. The second-order valence-corrected chi connectivity index (χ2v) is 6.09. The van der Waals surface area contributed by atoms with Gasteiger partial charge in [0.05, 0.1) is 28.1 Å². The summed E-state index contributed by atoms with van der Waals surface area (Å²) in [6.07, 6.45) is 0.602. The third-order valence-electron chi connectivity index (χ3n) is 3.53. The van der Waals surface area contributed by atoms with Gasteiger partial charge in [-0.25, -0.2) is 0 Å². The Morgan fingerprint density at radius 1 is 1.10 bits per heavy atom. The molecule has 0 N–H and O–H groups in total. The summed E-state index contributed by atoms with van der Waals surface area (Å²) in [6.45, 7) is 0.496. The van der Waals surface area contributed by atoms with Crippen molar-refractivity contribution in [1.29, 1.82) is 0 Å². The number of hydrogen-bond donors (Lipinski definition) is 0. The molecule has 0 saturated heterocycles. The molecule has 0 spiro atoms. The average molecular weight is 342 g/mol. The van der Waals surface area contributed by atoms with Crippen LogP contribution in [-0.2, 0) is 0 Å². The van der Waals surface area contributed by atoms with Crippen molar-refractivity contribution in [3.63, 3.8) is 0 Å². The number of ketones is 1. The van der Waals surface area contributed by atoms with Gasteiger partial charge in [-0.2, -0.15) is 0 Å². The van der Waals surface area contributed by atoms with Crippen molar-refractivity contribution in [2.45, 2.75) is 12.3 Å². The number of hydrogen-bond acceptors (Lipinski definition) is 2. The predicted octanol–water partition coefficient (Wildman–Crippen LogP) is 5.40. The fourth-order valence-electron chi connectivity index (χ4n) is 2.57. The van der Waals surface area contributed by atoms with Gasteiger partial charge in [0.15, 0.2) is 5.78 Å². The normalized spacial score (nSPS) is 17.0. The fourth-order valence-corrected chi connectivity index (χ4v) is 3.57. The van der Waals surface area contributed by atoms with E-state index in [9.17, 15) is 4.79 Å². The predicted molar refractivity (Wildman–Crippen MR) is 85.1 cm³/mol. The van der Waals surface area contributed by atoms with Crippen molar-refractivity contribution in [2.75, 3.05) is 6.61 Å². The van der Waals surface area contributed by atoms with Crippen LogP contribution in [0.1, 0.15) is 28.3 Å². The third kappa shape index (κ3) is 2.76. The van der Waals surface area contributed by atoms with E-state index in [4.69, 9.17) is 39.5 Å². The largest absolute Gasteiger partial charge is 0.493 e. The van der Waals surface area contributed by atoms with Crippen molar-refractivity contribution in [3.05, 3.63) is 62.6 Å². The maximum absolute atomic E-state index is 12.8. The molecule has 0 radical (unpaired) electrons. The van der Waals surface area contributed by atoms with Crippen molar-refractivity contribution in [2.24, 2.45) is 0 Å². The number of rotatable bonds is 2. The molecule has 1 atom stereocenters. The molecule has 0 aromatic heterocycles. The first-order valence-electron chi connectivity index (χ1n) is 6.48. The Balaban J connectivity index is 2.05. The van der Waals surface area contributed by atoms with E-state index in [1.54, 1.807) is 0 Å². The first-order valence-corrected chi connectivity index (χ1v) is 7.62. The molecule has 2 aromatic carbocycles. The summed E-state index contributed by atoms with van der Waals surface area (Å²) >= 11 is 18.2. The molecular formula is C16H11Cl3O2. The molecule has 0 saturated carbocycles. The maximum Gasteiger partial charge on any atom is 0.173 e. The van der Waals surface area contributed by atoms with Crippen LogP contribution >= 0.6 is 34.8 Å². The van der Waals surface area contributed by atoms with Crippen LogP contribution in [-0.4, -0.2) is 12.4 Å². The molecular weight excluding hydrogens is 331 g/mol. The Morgan fingerprint density at radius 3 is 2.48 bits per heavy atom. The topological polar surface area (TPSA) is 26.3 Å². The van der Waals surface area contributed by atoms with E-state index in [0.29, 0.717) is 23.6 Å². The molecule has 5 heteroatoms. The summed E-state index contributed by atoms with van der Waals surface area (Å²) in [5.74, 6) is 0.340. The lowest BCUT2D eigenvalue weighted by Crippen LogP contribution is -2.22. The Morgan fingerprint density at radius 2 is 1.76 bits per heavy atom. The Hall–Kier alpha value is -1.22. The summed E-state index contributed by atoms with van der Waals surface area (Å²) in [5, 5.41) is 0.969. The Kier molecular flexibility index (Phi) is 4.12. The minimum atomic E-state index is -0.300. The smallest absolute Gasteiger partial charge is 0.173 e. The van der Waals surface area contributed by atoms with Crippen LogP contribution in [0.3, 0.4) is 0 Å². The average Bonchev–Trinajstić information content (AvgIpc) is 2.45. The van der Waals surface area contributed by atoms with Gasteiger partial charge in [-0.1, -0.05) is 53.0 Å². The molecule has 2 nitrogen and oxygen atoms in total. The van der Waals surface area contributed by atoms with Gasteiger partial charge in [0.2, 0.25) is 0 Å². The number of halogens is 3. The molecule has 2 aromatic rings. The summed E-state index contributed by atoms with van der Waals surface area (Å²) in [4.78, 5) is 12.8. The highest BCUT2D eigenvalue weighted by molar-refractivity contribution is 6.42. The molecule has 3 rings (SSSR count). The van der Waals surface area contributed by atoms with Crippen LogP contribution in [0.2, 0.25) is 15.1 Å². The Bertz CT molecular complexity index is 689. The quantitative estimate of drug-likeness (QED) is 0.684. The highest BCUT2D eigenvalue weighted by Crippen LogP contribution is 2.39. The lowest BCUT2D eigenvalue weighted by Gasteiger charge is -2.25. The van der Waals surface area contributed by atoms with Crippen LogP contribution in [0.5, 0.6) is 5.75 Å². The first-order chi connectivity index (χ1) is 10.1. The molecule has 0 bridgehead atoms. The number of carbonyl (C=O) groups excluding carboxylic acids is 1. The second-order valence-electron chi connectivity index (χ2n) is 4.84. The minimum Gasteiger partial charge on any atom is -0.493 e. The van der Waals surface area contributed by atoms with Crippen molar-refractivity contribution < 1.29 is 9.53 Å². The summed E-state index contributed by atoms with van der Waals surface area (Å²) in [7, 11) is 0.